The molecule has 1 saturated carbocycles. The molecule has 0 radical (unpaired) electrons. The highest BCUT2D eigenvalue weighted by molar-refractivity contribution is 7.17. The van der Waals surface area contributed by atoms with Gasteiger partial charge >= 0.3 is 8.69 Å². The Morgan fingerprint density at radius 2 is 2.43 bits per heavy atom. The van der Waals surface area contributed by atoms with Gasteiger partial charge in [-0.1, -0.05) is 0 Å². The second kappa shape index (κ2) is 2.39. The predicted molar refractivity (Wildman–Crippen MR) is 26.3 cm³/mol. The van der Waals surface area contributed by atoms with Crippen LogP contribution in [0.3, 0.4) is 0 Å². The van der Waals surface area contributed by atoms with Gasteiger partial charge in [0, 0.05) is 0 Å². The molecule has 0 amide bonds. The highest BCUT2D eigenvalue weighted by atomic mass is 31.1. The van der Waals surface area contributed by atoms with E-state index in [1.807, 2.05) is 0 Å². The maximum Gasteiger partial charge on any atom is 0.327 e. The Morgan fingerprint density at radius 1 is 1.71 bits per heavy atom. The van der Waals surface area contributed by atoms with Crippen molar-refractivity contribution in [3.63, 3.8) is 0 Å². The second-order valence-corrected chi connectivity index (χ2v) is 2.22. The van der Waals surface area contributed by atoms with Gasteiger partial charge in [-0.25, -0.2) is 4.57 Å². The Bertz CT molecular complexity index is 70.1. The zero-order valence-electron chi connectivity index (χ0n) is 3.96. The Morgan fingerprint density at radius 3 is 2.86 bits per heavy atom. The van der Waals surface area contributed by atoms with Crippen LogP contribution in [-0.4, -0.2) is 6.61 Å². The maximum absolute atomic E-state index is 9.61. The summed E-state index contributed by atoms with van der Waals surface area (Å²) in [6.45, 7) is 0.686. The van der Waals surface area contributed by atoms with Gasteiger partial charge in [0.05, 0.1) is 6.61 Å². The molecule has 0 aromatic carbocycles. The van der Waals surface area contributed by atoms with Crippen molar-refractivity contribution < 1.29 is 9.09 Å². The van der Waals surface area contributed by atoms with E-state index in [4.69, 9.17) is 0 Å². The van der Waals surface area contributed by atoms with Crippen LogP contribution >= 0.6 is 8.69 Å². The highest BCUT2D eigenvalue weighted by Crippen LogP contribution is 2.29. The summed E-state index contributed by atoms with van der Waals surface area (Å²) in [4.78, 5) is 0. The average molecular weight is 118 g/mol. The standard InChI is InChI=1S/C4H7O2P/c5-7-6-3-4-1-2-4/h4H,1-3H2. The van der Waals surface area contributed by atoms with Crippen molar-refractivity contribution in [1.82, 2.24) is 0 Å². The third-order valence-electron chi connectivity index (χ3n) is 1.06. The zero-order valence-corrected chi connectivity index (χ0v) is 4.86. The number of rotatable bonds is 3. The number of hydrogen-bond donors (Lipinski definition) is 0. The van der Waals surface area contributed by atoms with E-state index in [1.54, 1.807) is 0 Å². The minimum Gasteiger partial charge on any atom is -0.294 e. The molecule has 0 aromatic rings. The first-order valence-corrected chi connectivity index (χ1v) is 3.11. The molecule has 0 aromatic heterocycles. The molecule has 0 spiro atoms. The summed E-state index contributed by atoms with van der Waals surface area (Å²) in [7, 11) is -0.170. The van der Waals surface area contributed by atoms with Crippen LogP contribution < -0.4 is 0 Å². The van der Waals surface area contributed by atoms with Crippen molar-refractivity contribution in [2.24, 2.45) is 5.92 Å². The van der Waals surface area contributed by atoms with Gasteiger partial charge in [-0.2, -0.15) is 0 Å². The first kappa shape index (κ1) is 5.20. The zero-order chi connectivity index (χ0) is 5.11. The topological polar surface area (TPSA) is 26.3 Å². The van der Waals surface area contributed by atoms with Crippen LogP contribution in [0.15, 0.2) is 0 Å². The van der Waals surface area contributed by atoms with E-state index >= 15 is 0 Å². The first-order chi connectivity index (χ1) is 3.43. The van der Waals surface area contributed by atoms with Gasteiger partial charge in [-0.15, -0.1) is 0 Å². The average Bonchev–Trinajstić information content (AvgIpc) is 2.42. The Labute approximate surface area is 44.1 Å². The quantitative estimate of drug-likeness (QED) is 0.526. The molecule has 2 nitrogen and oxygen atoms in total. The lowest BCUT2D eigenvalue weighted by Gasteiger charge is -1.84. The SMILES string of the molecule is O=POCC1CC1. The fourth-order valence-electron chi connectivity index (χ4n) is 0.420. The smallest absolute Gasteiger partial charge is 0.294 e. The lowest BCUT2D eigenvalue weighted by Crippen LogP contribution is -1.82. The van der Waals surface area contributed by atoms with Crippen LogP contribution in [-0.2, 0) is 9.09 Å². The summed E-state index contributed by atoms with van der Waals surface area (Å²) in [5, 5.41) is 0. The van der Waals surface area contributed by atoms with Crippen molar-refractivity contribution in [3.05, 3.63) is 0 Å². The molecule has 0 unspecified atom stereocenters. The molecule has 1 fully saturated rings. The van der Waals surface area contributed by atoms with Crippen LogP contribution in [0.1, 0.15) is 12.8 Å². The summed E-state index contributed by atoms with van der Waals surface area (Å²) in [5.41, 5.74) is 0. The summed E-state index contributed by atoms with van der Waals surface area (Å²) in [6, 6.07) is 0. The van der Waals surface area contributed by atoms with Crippen LogP contribution in [0.2, 0.25) is 0 Å². The van der Waals surface area contributed by atoms with Crippen LogP contribution in [0.4, 0.5) is 0 Å². The summed E-state index contributed by atoms with van der Waals surface area (Å²) in [6.07, 6.45) is 2.52. The molecule has 0 aliphatic heterocycles. The summed E-state index contributed by atoms with van der Waals surface area (Å²) < 4.78 is 14.2. The third-order valence-corrected chi connectivity index (χ3v) is 1.31. The molecular weight excluding hydrogens is 111 g/mol. The van der Waals surface area contributed by atoms with Gasteiger partial charge < -0.3 is 0 Å². The van der Waals surface area contributed by atoms with E-state index in [9.17, 15) is 4.57 Å². The Hall–Kier alpha value is 0.0600. The van der Waals surface area contributed by atoms with E-state index in [1.165, 1.54) is 12.8 Å². The third kappa shape index (κ3) is 2.00. The molecule has 3 heteroatoms. The molecule has 7 heavy (non-hydrogen) atoms. The minimum atomic E-state index is -0.170. The molecule has 0 bridgehead atoms. The van der Waals surface area contributed by atoms with E-state index in [-0.39, 0.29) is 8.69 Å². The van der Waals surface area contributed by atoms with E-state index in [0.717, 1.165) is 5.92 Å². The molecule has 0 heterocycles. The minimum absolute atomic E-state index is 0.170. The van der Waals surface area contributed by atoms with E-state index < -0.39 is 0 Å². The molecule has 0 atom stereocenters. The largest absolute Gasteiger partial charge is 0.327 e. The van der Waals surface area contributed by atoms with Crippen molar-refractivity contribution >= 4 is 8.69 Å². The van der Waals surface area contributed by atoms with Crippen LogP contribution in [0, 0.1) is 5.92 Å². The van der Waals surface area contributed by atoms with Crippen molar-refractivity contribution in [3.8, 4) is 0 Å². The van der Waals surface area contributed by atoms with Crippen LogP contribution in [0.5, 0.6) is 0 Å². The molecule has 1 aliphatic carbocycles. The number of hydrogen-bond acceptors (Lipinski definition) is 2. The lowest BCUT2D eigenvalue weighted by atomic mass is 10.5. The second-order valence-electron chi connectivity index (χ2n) is 1.81. The van der Waals surface area contributed by atoms with E-state index in [2.05, 4.69) is 4.52 Å². The van der Waals surface area contributed by atoms with Gasteiger partial charge in [-0.3, -0.25) is 4.52 Å². The highest BCUT2D eigenvalue weighted by Gasteiger charge is 2.20. The van der Waals surface area contributed by atoms with Crippen molar-refractivity contribution in [2.75, 3.05) is 6.61 Å². The van der Waals surface area contributed by atoms with Gasteiger partial charge in [0.15, 0.2) is 0 Å². The predicted octanol–water partition coefficient (Wildman–Crippen LogP) is 1.62. The van der Waals surface area contributed by atoms with Crippen LogP contribution in [0.25, 0.3) is 0 Å². The fourth-order valence-corrected chi connectivity index (χ4v) is 0.692. The molecule has 40 valence electrons. The lowest BCUT2D eigenvalue weighted by molar-refractivity contribution is 0.324. The molecule has 1 aliphatic rings. The van der Waals surface area contributed by atoms with Gasteiger partial charge in [-0.05, 0) is 18.8 Å². The summed E-state index contributed by atoms with van der Waals surface area (Å²) in [5.74, 6) is 0.724. The van der Waals surface area contributed by atoms with Gasteiger partial charge in [0.25, 0.3) is 0 Å². The van der Waals surface area contributed by atoms with E-state index in [0.29, 0.717) is 6.61 Å². The first-order valence-electron chi connectivity index (χ1n) is 2.38. The Balaban J connectivity index is 1.88. The normalized spacial score (nSPS) is 20.6. The van der Waals surface area contributed by atoms with Gasteiger partial charge in [0.2, 0.25) is 0 Å². The summed E-state index contributed by atoms with van der Waals surface area (Å²) >= 11 is 0. The molecular formula is C4H7O2P. The van der Waals surface area contributed by atoms with Crippen molar-refractivity contribution in [2.45, 2.75) is 12.8 Å². The molecule has 0 saturated heterocycles. The Kier molecular flexibility index (Phi) is 1.77. The molecule has 0 N–H and O–H groups in total. The van der Waals surface area contributed by atoms with Gasteiger partial charge in [0.1, 0.15) is 0 Å². The monoisotopic (exact) mass is 118 g/mol. The molecule has 1 rings (SSSR count). The fraction of sp³-hybridized carbons (Fsp3) is 1.00. The van der Waals surface area contributed by atoms with Crippen molar-refractivity contribution in [1.29, 1.82) is 0 Å². The maximum atomic E-state index is 9.61.